The quantitative estimate of drug-likeness (QED) is 0.813. The smallest absolute Gasteiger partial charge is 0.123 e. The minimum absolute atomic E-state index is 0. The van der Waals surface area contributed by atoms with Crippen LogP contribution >= 0.6 is 12.4 Å². The fourth-order valence-corrected chi connectivity index (χ4v) is 1.89. The molecule has 0 saturated heterocycles. The highest BCUT2D eigenvalue weighted by Crippen LogP contribution is 2.30. The number of nitrogens with two attached hydrogens (primary N) is 1. The molecule has 1 rings (SSSR count). The van der Waals surface area contributed by atoms with Crippen molar-refractivity contribution in [1.82, 2.24) is 0 Å². The monoisotopic (exact) mass is 269 g/mol. The Hall–Kier alpha value is -0.990. The van der Waals surface area contributed by atoms with Gasteiger partial charge in [0.05, 0.1) is 7.11 Å². The van der Waals surface area contributed by atoms with Crippen LogP contribution in [-0.2, 0) is 0 Å². The number of ether oxygens (including phenoxy) is 1. The van der Waals surface area contributed by atoms with Crippen molar-refractivity contribution in [3.05, 3.63) is 41.5 Å². The van der Waals surface area contributed by atoms with Crippen LogP contribution in [-0.4, -0.2) is 7.11 Å². The Bertz CT molecular complexity index is 401. The Balaban J connectivity index is 0.00000289. The maximum absolute atomic E-state index is 6.20. The average molecular weight is 270 g/mol. The maximum Gasteiger partial charge on any atom is 0.123 e. The largest absolute Gasteiger partial charge is 0.496 e. The molecular formula is C15H24ClNO. The number of rotatable bonds is 5. The zero-order valence-electron chi connectivity index (χ0n) is 11.7. The highest BCUT2D eigenvalue weighted by atomic mass is 35.5. The average Bonchev–Trinajstić information content (AvgIpc) is 2.27. The van der Waals surface area contributed by atoms with Gasteiger partial charge in [0, 0.05) is 11.6 Å². The third-order valence-electron chi connectivity index (χ3n) is 2.89. The van der Waals surface area contributed by atoms with Gasteiger partial charge in [-0.25, -0.2) is 0 Å². The van der Waals surface area contributed by atoms with Gasteiger partial charge in [0.15, 0.2) is 0 Å². The van der Waals surface area contributed by atoms with E-state index in [1.807, 2.05) is 13.0 Å². The van der Waals surface area contributed by atoms with Crippen molar-refractivity contribution in [2.75, 3.05) is 7.11 Å². The van der Waals surface area contributed by atoms with Gasteiger partial charge in [-0.2, -0.15) is 0 Å². The molecule has 1 atom stereocenters. The Kier molecular flexibility index (Phi) is 7.04. The second-order valence-electron chi connectivity index (χ2n) is 4.92. The van der Waals surface area contributed by atoms with Crippen molar-refractivity contribution >= 4 is 12.4 Å². The summed E-state index contributed by atoms with van der Waals surface area (Å²) >= 11 is 0. The summed E-state index contributed by atoms with van der Waals surface area (Å²) in [5.41, 5.74) is 9.65. The molecule has 2 nitrogen and oxygen atoms in total. The first-order chi connectivity index (χ1) is 7.95. The van der Waals surface area contributed by atoms with Crippen molar-refractivity contribution in [1.29, 1.82) is 0 Å². The van der Waals surface area contributed by atoms with Crippen LogP contribution in [0.15, 0.2) is 30.4 Å². The van der Waals surface area contributed by atoms with Crippen LogP contribution in [0.4, 0.5) is 0 Å². The lowest BCUT2D eigenvalue weighted by atomic mass is 9.94. The van der Waals surface area contributed by atoms with Crippen LogP contribution in [0.2, 0.25) is 0 Å². The van der Waals surface area contributed by atoms with E-state index in [2.05, 4.69) is 32.6 Å². The second-order valence-corrected chi connectivity index (χ2v) is 4.92. The van der Waals surface area contributed by atoms with Crippen LogP contribution in [0.1, 0.15) is 50.3 Å². The summed E-state index contributed by atoms with van der Waals surface area (Å²) in [6.07, 6.45) is 0.790. The number of methoxy groups -OCH3 is 1. The molecule has 0 radical (unpaired) electrons. The number of hydrogen-bond donors (Lipinski definition) is 1. The standard InChI is InChI=1S/C15H23NO.ClH/c1-10(2)8-14(16)13-9-12(11(3)4)6-7-15(13)17-5;/h6-7,9,11,14H,1,8,16H2,2-5H3;1H/t14-;/m1./s1. The van der Waals surface area contributed by atoms with Crippen LogP contribution < -0.4 is 10.5 Å². The van der Waals surface area contributed by atoms with E-state index in [9.17, 15) is 0 Å². The SMILES string of the molecule is C=C(C)C[C@@H](N)c1cc(C(C)C)ccc1OC.Cl. The summed E-state index contributed by atoms with van der Waals surface area (Å²) in [6, 6.07) is 6.21. The molecule has 1 aromatic carbocycles. The molecule has 1 aromatic rings. The zero-order valence-corrected chi connectivity index (χ0v) is 12.5. The van der Waals surface area contributed by atoms with E-state index in [0.717, 1.165) is 23.3 Å². The fourth-order valence-electron chi connectivity index (χ4n) is 1.89. The van der Waals surface area contributed by atoms with Gasteiger partial charge in [0.25, 0.3) is 0 Å². The first-order valence-electron chi connectivity index (χ1n) is 6.03. The van der Waals surface area contributed by atoms with Gasteiger partial charge in [-0.15, -0.1) is 19.0 Å². The lowest BCUT2D eigenvalue weighted by molar-refractivity contribution is 0.405. The summed E-state index contributed by atoms with van der Waals surface area (Å²) < 4.78 is 5.37. The van der Waals surface area contributed by atoms with Crippen LogP contribution in [0, 0.1) is 0 Å². The van der Waals surface area contributed by atoms with E-state index < -0.39 is 0 Å². The molecule has 102 valence electrons. The maximum atomic E-state index is 6.20. The molecule has 0 saturated carbocycles. The van der Waals surface area contributed by atoms with Crippen molar-refractivity contribution in [2.24, 2.45) is 5.73 Å². The Morgan fingerprint density at radius 3 is 2.44 bits per heavy atom. The molecule has 2 N–H and O–H groups in total. The highest BCUT2D eigenvalue weighted by molar-refractivity contribution is 5.85. The van der Waals surface area contributed by atoms with Gasteiger partial charge in [0.1, 0.15) is 5.75 Å². The lowest BCUT2D eigenvalue weighted by Crippen LogP contribution is -2.12. The first-order valence-corrected chi connectivity index (χ1v) is 6.03. The van der Waals surface area contributed by atoms with Crippen LogP contribution in [0.25, 0.3) is 0 Å². The predicted molar refractivity (Wildman–Crippen MR) is 80.7 cm³/mol. The Labute approximate surface area is 117 Å². The van der Waals surface area contributed by atoms with Crippen molar-refractivity contribution in [2.45, 2.75) is 39.2 Å². The van der Waals surface area contributed by atoms with E-state index in [0.29, 0.717) is 5.92 Å². The molecule has 0 aliphatic heterocycles. The molecule has 0 aromatic heterocycles. The summed E-state index contributed by atoms with van der Waals surface area (Å²) in [7, 11) is 1.68. The molecular weight excluding hydrogens is 246 g/mol. The normalized spacial score (nSPS) is 11.9. The number of hydrogen-bond acceptors (Lipinski definition) is 2. The lowest BCUT2D eigenvalue weighted by Gasteiger charge is -2.18. The van der Waals surface area contributed by atoms with E-state index in [4.69, 9.17) is 10.5 Å². The Morgan fingerprint density at radius 2 is 2.00 bits per heavy atom. The van der Waals surface area contributed by atoms with Gasteiger partial charge in [-0.3, -0.25) is 0 Å². The molecule has 0 heterocycles. The minimum atomic E-state index is -0.0406. The van der Waals surface area contributed by atoms with Gasteiger partial charge >= 0.3 is 0 Å². The van der Waals surface area contributed by atoms with E-state index in [1.165, 1.54) is 5.56 Å². The predicted octanol–water partition coefficient (Wildman–Crippen LogP) is 4.21. The van der Waals surface area contributed by atoms with Gasteiger partial charge in [0.2, 0.25) is 0 Å². The number of halogens is 1. The van der Waals surface area contributed by atoms with Crippen LogP contribution in [0.3, 0.4) is 0 Å². The molecule has 0 spiro atoms. The van der Waals surface area contributed by atoms with E-state index in [1.54, 1.807) is 7.11 Å². The molecule has 0 fully saturated rings. The Morgan fingerprint density at radius 1 is 1.39 bits per heavy atom. The highest BCUT2D eigenvalue weighted by Gasteiger charge is 2.13. The van der Waals surface area contributed by atoms with Gasteiger partial charge in [-0.1, -0.05) is 31.6 Å². The topological polar surface area (TPSA) is 35.2 Å². The number of benzene rings is 1. The summed E-state index contributed by atoms with van der Waals surface area (Å²) in [4.78, 5) is 0. The zero-order chi connectivity index (χ0) is 13.0. The molecule has 0 unspecified atom stereocenters. The van der Waals surface area contributed by atoms with E-state index in [-0.39, 0.29) is 18.4 Å². The van der Waals surface area contributed by atoms with E-state index >= 15 is 0 Å². The fraction of sp³-hybridized carbons (Fsp3) is 0.467. The second kappa shape index (κ2) is 7.45. The van der Waals surface area contributed by atoms with Gasteiger partial charge in [-0.05, 0) is 30.9 Å². The summed E-state index contributed by atoms with van der Waals surface area (Å²) in [5.74, 6) is 1.36. The van der Waals surface area contributed by atoms with Crippen LogP contribution in [0.5, 0.6) is 5.75 Å². The summed E-state index contributed by atoms with van der Waals surface area (Å²) in [5, 5.41) is 0. The molecule has 0 aliphatic carbocycles. The molecule has 0 bridgehead atoms. The molecule has 3 heteroatoms. The molecule has 0 aliphatic rings. The van der Waals surface area contributed by atoms with Crippen molar-refractivity contribution < 1.29 is 4.74 Å². The molecule has 0 amide bonds. The van der Waals surface area contributed by atoms with Gasteiger partial charge < -0.3 is 10.5 Å². The first kappa shape index (κ1) is 17.0. The van der Waals surface area contributed by atoms with Crippen molar-refractivity contribution in [3.8, 4) is 5.75 Å². The minimum Gasteiger partial charge on any atom is -0.496 e. The third kappa shape index (κ3) is 4.35. The third-order valence-corrected chi connectivity index (χ3v) is 2.89. The van der Waals surface area contributed by atoms with Crippen molar-refractivity contribution in [3.63, 3.8) is 0 Å². The summed E-state index contributed by atoms with van der Waals surface area (Å²) in [6.45, 7) is 10.3. The molecule has 18 heavy (non-hydrogen) atoms.